The van der Waals surface area contributed by atoms with E-state index < -0.39 is 0 Å². The molecular formula is C17H20O2. The molecule has 2 heteroatoms. The molecule has 2 aromatic rings. The number of hydrogen-bond donors (Lipinski definition) is 0. The van der Waals surface area contributed by atoms with Crippen molar-refractivity contribution in [3.8, 4) is 0 Å². The molecule has 19 heavy (non-hydrogen) atoms. The summed E-state index contributed by atoms with van der Waals surface area (Å²) in [4.78, 5) is 11.9. The molecule has 0 saturated heterocycles. The fourth-order valence-electron chi connectivity index (χ4n) is 1.75. The van der Waals surface area contributed by atoms with Gasteiger partial charge in [0.25, 0.3) is 0 Å². The first kappa shape index (κ1) is 15.0. The van der Waals surface area contributed by atoms with Crippen LogP contribution < -0.4 is 5.43 Å². The molecule has 0 radical (unpaired) electrons. The molecule has 0 saturated carbocycles. The summed E-state index contributed by atoms with van der Waals surface area (Å²) in [7, 11) is 0. The summed E-state index contributed by atoms with van der Waals surface area (Å²) >= 11 is 0. The van der Waals surface area contributed by atoms with Gasteiger partial charge in [0.2, 0.25) is 0 Å². The second-order valence-corrected chi connectivity index (χ2v) is 3.72. The van der Waals surface area contributed by atoms with Gasteiger partial charge < -0.3 is 4.42 Å². The number of fused-ring (bicyclic) bond motifs is 1. The van der Waals surface area contributed by atoms with Crippen molar-refractivity contribution in [1.82, 2.24) is 0 Å². The zero-order chi connectivity index (χ0) is 14.3. The van der Waals surface area contributed by atoms with Crippen LogP contribution in [-0.2, 0) is 0 Å². The summed E-state index contributed by atoms with van der Waals surface area (Å²) < 4.78 is 5.73. The third kappa shape index (κ3) is 3.44. The summed E-state index contributed by atoms with van der Waals surface area (Å²) in [5.74, 6) is 0.606. The predicted molar refractivity (Wildman–Crippen MR) is 82.3 cm³/mol. The molecule has 0 atom stereocenters. The van der Waals surface area contributed by atoms with Crippen LogP contribution in [0.5, 0.6) is 0 Å². The minimum absolute atomic E-state index is 0.00861. The third-order valence-corrected chi connectivity index (χ3v) is 2.58. The lowest BCUT2D eigenvalue weighted by atomic mass is 10.1. The normalized spacial score (nSPS) is 11.5. The van der Waals surface area contributed by atoms with Crippen LogP contribution in [0.2, 0.25) is 0 Å². The molecule has 0 spiro atoms. The molecule has 0 unspecified atom stereocenters. The van der Waals surface area contributed by atoms with Gasteiger partial charge in [-0.3, -0.25) is 4.79 Å². The highest BCUT2D eigenvalue weighted by Gasteiger charge is 2.05. The van der Waals surface area contributed by atoms with E-state index in [9.17, 15) is 4.79 Å². The summed E-state index contributed by atoms with van der Waals surface area (Å²) in [6.45, 7) is 7.85. The lowest BCUT2D eigenvalue weighted by Crippen LogP contribution is -2.01. The topological polar surface area (TPSA) is 30.2 Å². The predicted octanol–water partition coefficient (Wildman–Crippen LogP) is 4.80. The Balaban J connectivity index is 0.000000861. The Hall–Kier alpha value is -2.09. The molecular weight excluding hydrogens is 236 g/mol. The summed E-state index contributed by atoms with van der Waals surface area (Å²) in [6, 6.07) is 8.82. The lowest BCUT2D eigenvalue weighted by molar-refractivity contribution is 0.587. The smallest absolute Gasteiger partial charge is 0.193 e. The van der Waals surface area contributed by atoms with Crippen LogP contribution in [0.25, 0.3) is 16.5 Å². The van der Waals surface area contributed by atoms with Crippen molar-refractivity contribution in [2.24, 2.45) is 0 Å². The van der Waals surface area contributed by atoms with Crippen LogP contribution >= 0.6 is 0 Å². The molecule has 1 aromatic heterocycles. The minimum Gasteiger partial charge on any atom is -0.456 e. The van der Waals surface area contributed by atoms with E-state index in [4.69, 9.17) is 4.42 Å². The Kier molecular flexibility index (Phi) is 5.80. The standard InChI is InChI=1S/C15H14O2.C2H6/c1-3-7-11(4-2)15-10-13(16)12-8-5-6-9-14(12)17-15;1-2/h3-10H,1-2H3;1-2H3/b7-3-,11-4+;. The molecule has 0 aliphatic carbocycles. The Morgan fingerprint density at radius 2 is 1.84 bits per heavy atom. The first-order valence-corrected chi connectivity index (χ1v) is 6.58. The molecule has 2 rings (SSSR count). The van der Waals surface area contributed by atoms with Crippen molar-refractivity contribution in [2.45, 2.75) is 27.7 Å². The number of rotatable bonds is 2. The highest BCUT2D eigenvalue weighted by atomic mass is 16.3. The van der Waals surface area contributed by atoms with Crippen LogP contribution in [-0.4, -0.2) is 0 Å². The zero-order valence-corrected chi connectivity index (χ0v) is 11.9. The van der Waals surface area contributed by atoms with Crippen molar-refractivity contribution >= 4 is 16.5 Å². The van der Waals surface area contributed by atoms with E-state index in [0.717, 1.165) is 5.57 Å². The van der Waals surface area contributed by atoms with Crippen LogP contribution in [0.15, 0.2) is 57.8 Å². The van der Waals surface area contributed by atoms with Gasteiger partial charge in [0.05, 0.1) is 5.39 Å². The molecule has 1 heterocycles. The van der Waals surface area contributed by atoms with Crippen molar-refractivity contribution in [3.05, 3.63) is 64.5 Å². The second kappa shape index (κ2) is 7.37. The first-order chi connectivity index (χ1) is 9.26. The Morgan fingerprint density at radius 1 is 1.16 bits per heavy atom. The average Bonchev–Trinajstić information content (AvgIpc) is 2.47. The van der Waals surface area contributed by atoms with E-state index in [1.165, 1.54) is 6.07 Å². The maximum absolute atomic E-state index is 11.9. The number of para-hydroxylation sites is 1. The molecule has 0 aliphatic heterocycles. The van der Waals surface area contributed by atoms with Gasteiger partial charge in [-0.25, -0.2) is 0 Å². The van der Waals surface area contributed by atoms with Gasteiger partial charge in [0.15, 0.2) is 5.43 Å². The van der Waals surface area contributed by atoms with Crippen molar-refractivity contribution < 1.29 is 4.42 Å². The van der Waals surface area contributed by atoms with Gasteiger partial charge in [0.1, 0.15) is 11.3 Å². The van der Waals surface area contributed by atoms with Crippen LogP contribution in [0, 0.1) is 0 Å². The quantitative estimate of drug-likeness (QED) is 0.722. The van der Waals surface area contributed by atoms with Gasteiger partial charge in [-0.15, -0.1) is 0 Å². The van der Waals surface area contributed by atoms with Crippen LogP contribution in [0.3, 0.4) is 0 Å². The van der Waals surface area contributed by atoms with E-state index in [2.05, 4.69) is 0 Å². The van der Waals surface area contributed by atoms with Gasteiger partial charge in [0, 0.05) is 11.6 Å². The van der Waals surface area contributed by atoms with Gasteiger partial charge >= 0.3 is 0 Å². The Morgan fingerprint density at radius 3 is 2.47 bits per heavy atom. The minimum atomic E-state index is -0.00861. The van der Waals surface area contributed by atoms with E-state index >= 15 is 0 Å². The molecule has 0 fully saturated rings. The van der Waals surface area contributed by atoms with E-state index in [1.807, 2.05) is 64.1 Å². The summed E-state index contributed by atoms with van der Waals surface area (Å²) in [5, 5.41) is 0.618. The van der Waals surface area contributed by atoms with Crippen molar-refractivity contribution in [1.29, 1.82) is 0 Å². The highest BCUT2D eigenvalue weighted by molar-refractivity contribution is 5.79. The molecule has 0 N–H and O–H groups in total. The molecule has 100 valence electrons. The molecule has 1 aromatic carbocycles. The number of hydrogen-bond acceptors (Lipinski definition) is 2. The average molecular weight is 256 g/mol. The Labute approximate surface area is 114 Å². The van der Waals surface area contributed by atoms with Crippen molar-refractivity contribution in [2.75, 3.05) is 0 Å². The molecule has 0 amide bonds. The maximum atomic E-state index is 11.9. The van der Waals surface area contributed by atoms with E-state index in [0.29, 0.717) is 16.7 Å². The SMILES string of the molecule is C/C=C\C(=C/C)c1cc(=O)c2ccccc2o1.CC. The fourth-order valence-corrected chi connectivity index (χ4v) is 1.75. The second-order valence-electron chi connectivity index (χ2n) is 3.72. The largest absolute Gasteiger partial charge is 0.456 e. The lowest BCUT2D eigenvalue weighted by Gasteiger charge is -2.03. The third-order valence-electron chi connectivity index (χ3n) is 2.58. The van der Waals surface area contributed by atoms with Crippen LogP contribution in [0.1, 0.15) is 33.5 Å². The monoisotopic (exact) mass is 256 g/mol. The van der Waals surface area contributed by atoms with Gasteiger partial charge in [-0.2, -0.15) is 0 Å². The number of allylic oxidation sites excluding steroid dienone is 4. The molecule has 0 aliphatic rings. The van der Waals surface area contributed by atoms with E-state index in [-0.39, 0.29) is 5.43 Å². The van der Waals surface area contributed by atoms with E-state index in [1.54, 1.807) is 6.07 Å². The summed E-state index contributed by atoms with van der Waals surface area (Å²) in [6.07, 6.45) is 5.77. The molecule has 2 nitrogen and oxygen atoms in total. The van der Waals surface area contributed by atoms with Crippen molar-refractivity contribution in [3.63, 3.8) is 0 Å². The summed E-state index contributed by atoms with van der Waals surface area (Å²) in [5.41, 5.74) is 1.53. The molecule has 0 bridgehead atoms. The van der Waals surface area contributed by atoms with Gasteiger partial charge in [-0.1, -0.05) is 44.2 Å². The highest BCUT2D eigenvalue weighted by Crippen LogP contribution is 2.19. The zero-order valence-electron chi connectivity index (χ0n) is 11.9. The fraction of sp³-hybridized carbons (Fsp3) is 0.235. The van der Waals surface area contributed by atoms with Crippen LogP contribution in [0.4, 0.5) is 0 Å². The maximum Gasteiger partial charge on any atom is 0.193 e. The first-order valence-electron chi connectivity index (χ1n) is 6.58. The number of benzene rings is 1. The van der Waals surface area contributed by atoms with Gasteiger partial charge in [-0.05, 0) is 26.0 Å². The Bertz CT molecular complexity index is 646.